The van der Waals surface area contributed by atoms with E-state index in [9.17, 15) is 14.4 Å². The first-order valence-corrected chi connectivity index (χ1v) is 10.4. The quantitative estimate of drug-likeness (QED) is 0.435. The third-order valence-electron chi connectivity index (χ3n) is 4.78. The van der Waals surface area contributed by atoms with Crippen molar-refractivity contribution in [2.24, 2.45) is 0 Å². The molecule has 4 rings (SSSR count). The molecular weight excluding hydrogens is 458 g/mol. The SMILES string of the molecule is Cc1ccc2c(=O)c(C(=O)c3ccc(Br)cc3)cn(CC(=O)Nc3ccccc3)c2n1. The number of carbonyl (C=O) groups excluding carboxylic acids is 2. The van der Waals surface area contributed by atoms with Gasteiger partial charge in [-0.05, 0) is 55.5 Å². The molecule has 4 aromatic rings. The number of aryl methyl sites for hydroxylation is 1. The van der Waals surface area contributed by atoms with Crippen LogP contribution in [0, 0.1) is 6.92 Å². The standard InChI is InChI=1S/C24H18BrN3O3/c1-15-7-12-19-23(31)20(22(30)16-8-10-17(25)11-9-16)13-28(24(19)26-15)14-21(29)27-18-5-3-2-4-6-18/h2-13H,14H2,1H3,(H,27,29). The number of nitrogens with zero attached hydrogens (tertiary/aromatic N) is 2. The average molecular weight is 476 g/mol. The molecule has 0 spiro atoms. The highest BCUT2D eigenvalue weighted by atomic mass is 79.9. The van der Waals surface area contributed by atoms with Crippen molar-refractivity contribution < 1.29 is 9.59 Å². The first kappa shape index (κ1) is 20.7. The van der Waals surface area contributed by atoms with Crippen LogP contribution in [0.1, 0.15) is 21.6 Å². The second-order valence-electron chi connectivity index (χ2n) is 7.07. The topological polar surface area (TPSA) is 81.1 Å². The molecule has 1 N–H and O–H groups in total. The molecule has 0 fully saturated rings. The summed E-state index contributed by atoms with van der Waals surface area (Å²) in [5.74, 6) is -0.696. The molecule has 0 bridgehead atoms. The van der Waals surface area contributed by atoms with Crippen molar-refractivity contribution in [2.45, 2.75) is 13.5 Å². The fraction of sp³-hybridized carbons (Fsp3) is 0.0833. The normalized spacial score (nSPS) is 10.8. The molecule has 1 amide bonds. The van der Waals surface area contributed by atoms with Crippen molar-refractivity contribution in [3.8, 4) is 0 Å². The highest BCUT2D eigenvalue weighted by Crippen LogP contribution is 2.16. The number of aromatic nitrogens is 2. The molecule has 31 heavy (non-hydrogen) atoms. The van der Waals surface area contributed by atoms with E-state index in [2.05, 4.69) is 26.2 Å². The molecule has 2 aromatic heterocycles. The molecule has 0 unspecified atom stereocenters. The fourth-order valence-corrected chi connectivity index (χ4v) is 3.54. The summed E-state index contributed by atoms with van der Waals surface area (Å²) in [7, 11) is 0. The minimum atomic E-state index is -0.407. The summed E-state index contributed by atoms with van der Waals surface area (Å²) in [6, 6.07) is 19.2. The largest absolute Gasteiger partial charge is 0.325 e. The molecule has 0 saturated carbocycles. The summed E-state index contributed by atoms with van der Waals surface area (Å²) in [6.45, 7) is 1.71. The van der Waals surface area contributed by atoms with Crippen molar-refractivity contribution in [2.75, 3.05) is 5.32 Å². The van der Waals surface area contributed by atoms with E-state index >= 15 is 0 Å². The van der Waals surface area contributed by atoms with Crippen LogP contribution in [0.5, 0.6) is 0 Å². The minimum Gasteiger partial charge on any atom is -0.325 e. The van der Waals surface area contributed by atoms with Gasteiger partial charge >= 0.3 is 0 Å². The molecule has 0 aliphatic carbocycles. The molecule has 2 heterocycles. The number of carbonyl (C=O) groups is 2. The van der Waals surface area contributed by atoms with E-state index in [1.54, 1.807) is 60.0 Å². The maximum Gasteiger partial charge on any atom is 0.244 e. The smallest absolute Gasteiger partial charge is 0.244 e. The predicted molar refractivity (Wildman–Crippen MR) is 123 cm³/mol. The number of benzene rings is 2. The molecular formula is C24H18BrN3O3. The maximum absolute atomic E-state index is 13.1. The van der Waals surface area contributed by atoms with Gasteiger partial charge in [-0.25, -0.2) is 4.98 Å². The Bertz CT molecular complexity index is 1350. The van der Waals surface area contributed by atoms with Crippen LogP contribution in [-0.4, -0.2) is 21.2 Å². The highest BCUT2D eigenvalue weighted by Gasteiger charge is 2.19. The zero-order valence-corrected chi connectivity index (χ0v) is 18.2. The maximum atomic E-state index is 13.1. The van der Waals surface area contributed by atoms with Crippen LogP contribution in [0.3, 0.4) is 0 Å². The molecule has 0 aliphatic heterocycles. The lowest BCUT2D eigenvalue weighted by Crippen LogP contribution is -2.25. The second kappa shape index (κ2) is 8.65. The van der Waals surface area contributed by atoms with Crippen LogP contribution in [0.15, 0.2) is 82.2 Å². The Labute approximate surface area is 186 Å². The third-order valence-corrected chi connectivity index (χ3v) is 5.31. The summed E-state index contributed by atoms with van der Waals surface area (Å²) in [4.78, 5) is 43.2. The van der Waals surface area contributed by atoms with Crippen LogP contribution in [0.2, 0.25) is 0 Å². The van der Waals surface area contributed by atoms with Gasteiger partial charge in [-0.1, -0.05) is 34.1 Å². The summed E-state index contributed by atoms with van der Waals surface area (Å²) < 4.78 is 2.38. The van der Waals surface area contributed by atoms with Gasteiger partial charge in [0.15, 0.2) is 5.78 Å². The molecule has 0 aliphatic rings. The zero-order chi connectivity index (χ0) is 22.0. The number of fused-ring (bicyclic) bond motifs is 1. The van der Waals surface area contributed by atoms with Crippen molar-refractivity contribution in [1.82, 2.24) is 9.55 Å². The average Bonchev–Trinajstić information content (AvgIpc) is 2.76. The van der Waals surface area contributed by atoms with E-state index in [1.807, 2.05) is 18.2 Å². The Balaban J connectivity index is 1.78. The number of anilines is 1. The van der Waals surface area contributed by atoms with Gasteiger partial charge in [-0.2, -0.15) is 0 Å². The van der Waals surface area contributed by atoms with Gasteiger partial charge in [0.25, 0.3) is 0 Å². The minimum absolute atomic E-state index is 0.00649. The van der Waals surface area contributed by atoms with Crippen molar-refractivity contribution in [3.63, 3.8) is 0 Å². The van der Waals surface area contributed by atoms with Gasteiger partial charge in [0.05, 0.1) is 10.9 Å². The van der Waals surface area contributed by atoms with E-state index in [1.165, 1.54) is 6.20 Å². The molecule has 6 nitrogen and oxygen atoms in total. The fourth-order valence-electron chi connectivity index (χ4n) is 3.28. The summed E-state index contributed by atoms with van der Waals surface area (Å²) >= 11 is 3.34. The summed E-state index contributed by atoms with van der Waals surface area (Å²) in [5, 5.41) is 3.11. The van der Waals surface area contributed by atoms with Gasteiger partial charge in [-0.3, -0.25) is 14.4 Å². The number of hydrogen-bond donors (Lipinski definition) is 1. The lowest BCUT2D eigenvalue weighted by molar-refractivity contribution is -0.116. The number of rotatable bonds is 5. The van der Waals surface area contributed by atoms with Crippen molar-refractivity contribution in [3.05, 3.63) is 104 Å². The molecule has 0 atom stereocenters. The third kappa shape index (κ3) is 4.46. The molecule has 0 saturated heterocycles. The van der Waals surface area contributed by atoms with Crippen LogP contribution in [0.25, 0.3) is 11.0 Å². The number of halogens is 1. The number of ketones is 1. The molecule has 154 valence electrons. The zero-order valence-electron chi connectivity index (χ0n) is 16.6. The monoisotopic (exact) mass is 475 g/mol. The Morgan fingerprint density at radius 3 is 2.42 bits per heavy atom. The Hall–Kier alpha value is -3.58. The van der Waals surface area contributed by atoms with Crippen LogP contribution in [-0.2, 0) is 11.3 Å². The predicted octanol–water partition coefficient (Wildman–Crippen LogP) is 4.34. The van der Waals surface area contributed by atoms with Gasteiger partial charge < -0.3 is 9.88 Å². The van der Waals surface area contributed by atoms with E-state index in [0.29, 0.717) is 28.0 Å². The number of para-hydroxylation sites is 1. The Kier molecular flexibility index (Phi) is 5.77. The van der Waals surface area contributed by atoms with E-state index in [-0.39, 0.29) is 18.0 Å². The lowest BCUT2D eigenvalue weighted by Gasteiger charge is -2.13. The molecule has 2 aromatic carbocycles. The number of amides is 1. The van der Waals surface area contributed by atoms with E-state index in [4.69, 9.17) is 0 Å². The number of nitrogens with one attached hydrogen (secondary N) is 1. The van der Waals surface area contributed by atoms with Crippen molar-refractivity contribution in [1.29, 1.82) is 0 Å². The van der Waals surface area contributed by atoms with E-state index < -0.39 is 11.2 Å². The Morgan fingerprint density at radius 1 is 1.00 bits per heavy atom. The summed E-state index contributed by atoms with van der Waals surface area (Å²) in [5.41, 5.74) is 1.70. The van der Waals surface area contributed by atoms with Crippen LogP contribution >= 0.6 is 15.9 Å². The first-order chi connectivity index (χ1) is 14.9. The summed E-state index contributed by atoms with van der Waals surface area (Å²) in [6.07, 6.45) is 1.42. The first-order valence-electron chi connectivity index (χ1n) is 9.58. The van der Waals surface area contributed by atoms with Crippen molar-refractivity contribution >= 4 is 44.3 Å². The van der Waals surface area contributed by atoms with Crippen LogP contribution in [0.4, 0.5) is 5.69 Å². The Morgan fingerprint density at radius 2 is 1.71 bits per heavy atom. The van der Waals surface area contributed by atoms with E-state index in [0.717, 1.165) is 4.47 Å². The number of hydrogen-bond acceptors (Lipinski definition) is 4. The van der Waals surface area contributed by atoms with Crippen LogP contribution < -0.4 is 10.7 Å². The highest BCUT2D eigenvalue weighted by molar-refractivity contribution is 9.10. The van der Waals surface area contributed by atoms with Gasteiger partial charge in [-0.15, -0.1) is 0 Å². The van der Waals surface area contributed by atoms with Gasteiger partial charge in [0.2, 0.25) is 11.3 Å². The van der Waals surface area contributed by atoms with Gasteiger partial charge in [0, 0.05) is 27.6 Å². The molecule has 7 heteroatoms. The van der Waals surface area contributed by atoms with Gasteiger partial charge in [0.1, 0.15) is 12.2 Å². The number of pyridine rings is 2. The molecule has 0 radical (unpaired) electrons. The lowest BCUT2D eigenvalue weighted by atomic mass is 10.0. The second-order valence-corrected chi connectivity index (χ2v) is 7.99.